The van der Waals surface area contributed by atoms with Crippen LogP contribution in [0.4, 0.5) is 17.1 Å². The Bertz CT molecular complexity index is 2840. The average molecular weight is 712 g/mol. The van der Waals surface area contributed by atoms with E-state index >= 15 is 0 Å². The summed E-state index contributed by atoms with van der Waals surface area (Å²) in [5, 5.41) is 0. The molecule has 9 aromatic rings. The Hall–Kier alpha value is -7.22. The van der Waals surface area contributed by atoms with Crippen molar-refractivity contribution in [1.29, 1.82) is 0 Å². The quantitative estimate of drug-likeness (QED) is 0.166. The minimum absolute atomic E-state index is 0.329. The van der Waals surface area contributed by atoms with Gasteiger partial charge in [0.05, 0.1) is 11.1 Å². The number of fused-ring (bicyclic) bond motifs is 10. The zero-order valence-corrected chi connectivity index (χ0v) is 30.8. The van der Waals surface area contributed by atoms with Gasteiger partial charge in [0.15, 0.2) is 0 Å². The zero-order valence-electron chi connectivity index (χ0n) is 30.8. The molecule has 0 N–H and O–H groups in total. The van der Waals surface area contributed by atoms with E-state index in [0.29, 0.717) is 0 Å². The first kappa shape index (κ1) is 32.2. The molecular formula is C55H37N. The third kappa shape index (κ3) is 4.88. The maximum absolute atomic E-state index is 2.42. The lowest BCUT2D eigenvalue weighted by Crippen LogP contribution is -2.25. The number of para-hydroxylation sites is 1. The molecule has 0 aromatic heterocycles. The van der Waals surface area contributed by atoms with Crippen molar-refractivity contribution < 1.29 is 0 Å². The molecule has 0 saturated carbocycles. The van der Waals surface area contributed by atoms with Gasteiger partial charge >= 0.3 is 0 Å². The van der Waals surface area contributed by atoms with Gasteiger partial charge in [-0.3, -0.25) is 0 Å². The fourth-order valence-electron chi connectivity index (χ4n) is 9.47. The molecule has 262 valence electrons. The van der Waals surface area contributed by atoms with Crippen molar-refractivity contribution >= 4 is 17.1 Å². The van der Waals surface area contributed by atoms with Crippen LogP contribution in [0, 0.1) is 0 Å². The molecule has 0 amide bonds. The highest BCUT2D eigenvalue weighted by Crippen LogP contribution is 2.63. The van der Waals surface area contributed by atoms with Crippen LogP contribution in [-0.4, -0.2) is 0 Å². The van der Waals surface area contributed by atoms with Crippen LogP contribution in [0.5, 0.6) is 0 Å². The van der Waals surface area contributed by atoms with Gasteiger partial charge in [-0.2, -0.15) is 0 Å². The maximum Gasteiger partial charge on any atom is 0.0725 e. The van der Waals surface area contributed by atoms with Gasteiger partial charge in [-0.15, -0.1) is 0 Å². The Morgan fingerprint density at radius 1 is 0.250 bits per heavy atom. The fraction of sp³-hybridized carbons (Fsp3) is 0.0182. The Labute approximate surface area is 328 Å². The second-order valence-corrected chi connectivity index (χ2v) is 14.8. The van der Waals surface area contributed by atoms with Crippen LogP contribution in [0.1, 0.15) is 22.3 Å². The molecule has 0 bridgehead atoms. The predicted octanol–water partition coefficient (Wildman–Crippen LogP) is 14.5. The molecule has 2 aliphatic carbocycles. The van der Waals surface area contributed by atoms with E-state index in [1.54, 1.807) is 0 Å². The highest BCUT2D eigenvalue weighted by molar-refractivity contribution is 5.96. The van der Waals surface area contributed by atoms with Crippen LogP contribution in [0.25, 0.3) is 55.6 Å². The van der Waals surface area contributed by atoms with Crippen LogP contribution in [-0.2, 0) is 5.41 Å². The van der Waals surface area contributed by atoms with Crippen LogP contribution >= 0.6 is 0 Å². The van der Waals surface area contributed by atoms with Gasteiger partial charge in [0.2, 0.25) is 0 Å². The van der Waals surface area contributed by atoms with Crippen LogP contribution in [0.2, 0.25) is 0 Å². The standard InChI is InChI=1S/C55H37N/c1-3-15-38(16-4-1)39-27-32-43(33-28-39)56(54-26-14-10-19-45(54)41-17-5-2-6-18-41)44-34-29-40(30-35-44)42-31-36-53-49(37-42)48-22-9-13-25-52(48)55(53)50-23-11-7-20-46(50)47-21-8-12-24-51(47)55/h1-37H. The van der Waals surface area contributed by atoms with Gasteiger partial charge in [-0.25, -0.2) is 0 Å². The lowest BCUT2D eigenvalue weighted by atomic mass is 9.70. The monoisotopic (exact) mass is 711 g/mol. The van der Waals surface area contributed by atoms with Gasteiger partial charge in [-0.05, 0) is 109 Å². The number of hydrogen-bond donors (Lipinski definition) is 0. The molecule has 1 nitrogen and oxygen atoms in total. The summed E-state index contributed by atoms with van der Waals surface area (Å²) >= 11 is 0. The summed E-state index contributed by atoms with van der Waals surface area (Å²) in [4.78, 5) is 2.39. The van der Waals surface area contributed by atoms with Crippen molar-refractivity contribution in [3.63, 3.8) is 0 Å². The van der Waals surface area contributed by atoms with Crippen LogP contribution in [0.3, 0.4) is 0 Å². The van der Waals surface area contributed by atoms with E-state index in [4.69, 9.17) is 0 Å². The molecule has 56 heavy (non-hydrogen) atoms. The molecule has 0 heterocycles. The number of rotatable bonds is 6. The third-order valence-electron chi connectivity index (χ3n) is 11.9. The molecule has 0 saturated heterocycles. The summed E-state index contributed by atoms with van der Waals surface area (Å²) in [5.74, 6) is 0. The minimum Gasteiger partial charge on any atom is -0.310 e. The minimum atomic E-state index is -0.329. The van der Waals surface area contributed by atoms with E-state index in [9.17, 15) is 0 Å². The molecule has 0 unspecified atom stereocenters. The van der Waals surface area contributed by atoms with Gasteiger partial charge in [0.25, 0.3) is 0 Å². The summed E-state index contributed by atoms with van der Waals surface area (Å²) in [6.07, 6.45) is 0. The molecule has 0 aliphatic heterocycles. The first-order valence-corrected chi connectivity index (χ1v) is 19.4. The Morgan fingerprint density at radius 2 is 0.625 bits per heavy atom. The smallest absolute Gasteiger partial charge is 0.0725 e. The lowest BCUT2D eigenvalue weighted by Gasteiger charge is -2.30. The van der Waals surface area contributed by atoms with Gasteiger partial charge in [0, 0.05) is 16.9 Å². The SMILES string of the molecule is c1ccc(-c2ccc(N(c3ccc(-c4ccc5c(c4)-c4ccccc4C54c5ccccc5-c5ccccc54)cc3)c3ccccc3-c3ccccc3)cc2)cc1. The van der Waals surface area contributed by atoms with Gasteiger partial charge in [-0.1, -0.05) is 188 Å². The first-order chi connectivity index (χ1) is 27.8. The van der Waals surface area contributed by atoms with E-state index in [2.05, 4.69) is 229 Å². The van der Waals surface area contributed by atoms with Crippen molar-refractivity contribution in [3.05, 3.63) is 247 Å². The molecule has 0 atom stereocenters. The molecule has 1 heteroatoms. The normalized spacial score (nSPS) is 12.8. The Kier molecular flexibility index (Phi) is 7.47. The number of hydrogen-bond acceptors (Lipinski definition) is 1. The van der Waals surface area contributed by atoms with Crippen molar-refractivity contribution in [2.75, 3.05) is 4.90 Å². The molecular weight excluding hydrogens is 675 g/mol. The van der Waals surface area contributed by atoms with Crippen molar-refractivity contribution in [2.45, 2.75) is 5.41 Å². The number of anilines is 3. The maximum atomic E-state index is 2.42. The number of benzene rings is 9. The lowest BCUT2D eigenvalue weighted by molar-refractivity contribution is 0.794. The third-order valence-corrected chi connectivity index (χ3v) is 11.9. The molecule has 0 radical (unpaired) electrons. The largest absolute Gasteiger partial charge is 0.310 e. The molecule has 1 spiro atoms. The molecule has 11 rings (SSSR count). The Balaban J connectivity index is 1.02. The topological polar surface area (TPSA) is 3.24 Å². The van der Waals surface area contributed by atoms with Crippen LogP contribution in [0.15, 0.2) is 224 Å². The highest BCUT2D eigenvalue weighted by atomic mass is 15.1. The van der Waals surface area contributed by atoms with E-state index in [1.807, 2.05) is 0 Å². The summed E-state index contributed by atoms with van der Waals surface area (Å²) in [7, 11) is 0. The fourth-order valence-corrected chi connectivity index (χ4v) is 9.47. The summed E-state index contributed by atoms with van der Waals surface area (Å²) in [6, 6.07) is 82.2. The molecule has 0 fully saturated rings. The second kappa shape index (κ2) is 13.0. The predicted molar refractivity (Wildman–Crippen MR) is 234 cm³/mol. The highest BCUT2D eigenvalue weighted by Gasteiger charge is 2.51. The number of nitrogens with zero attached hydrogens (tertiary/aromatic N) is 1. The van der Waals surface area contributed by atoms with Crippen molar-refractivity contribution in [2.24, 2.45) is 0 Å². The van der Waals surface area contributed by atoms with Gasteiger partial charge in [0.1, 0.15) is 0 Å². The first-order valence-electron chi connectivity index (χ1n) is 19.4. The summed E-state index contributed by atoms with van der Waals surface area (Å²) in [5.41, 5.74) is 21.0. The second-order valence-electron chi connectivity index (χ2n) is 14.8. The van der Waals surface area contributed by atoms with E-state index in [0.717, 1.165) is 17.1 Å². The van der Waals surface area contributed by atoms with Crippen molar-refractivity contribution in [3.8, 4) is 55.6 Å². The van der Waals surface area contributed by atoms with E-state index in [1.165, 1.54) is 77.9 Å². The van der Waals surface area contributed by atoms with E-state index < -0.39 is 0 Å². The van der Waals surface area contributed by atoms with Crippen molar-refractivity contribution in [1.82, 2.24) is 0 Å². The average Bonchev–Trinajstić information content (AvgIpc) is 3.75. The molecule has 9 aromatic carbocycles. The Morgan fingerprint density at radius 3 is 1.18 bits per heavy atom. The van der Waals surface area contributed by atoms with Gasteiger partial charge < -0.3 is 4.90 Å². The zero-order chi connectivity index (χ0) is 37.1. The summed E-state index contributed by atoms with van der Waals surface area (Å²) in [6.45, 7) is 0. The summed E-state index contributed by atoms with van der Waals surface area (Å²) < 4.78 is 0. The van der Waals surface area contributed by atoms with E-state index in [-0.39, 0.29) is 5.41 Å². The molecule has 2 aliphatic rings. The van der Waals surface area contributed by atoms with Crippen LogP contribution < -0.4 is 4.90 Å².